The third-order valence-corrected chi connectivity index (χ3v) is 9.78. The van der Waals surface area contributed by atoms with Crippen LogP contribution in [0.1, 0.15) is 0 Å². The van der Waals surface area contributed by atoms with Crippen LogP contribution in [0, 0.1) is 6.08 Å². The van der Waals surface area contributed by atoms with Gasteiger partial charge < -0.3 is 29.2 Å². The topological polar surface area (TPSA) is 280 Å². The fraction of sp³-hybridized carbons (Fsp3) is 0.148. The van der Waals surface area contributed by atoms with Crippen LogP contribution in [0.15, 0.2) is 79.5 Å². The molecular weight excluding hydrogens is 783 g/mol. The number of halogens is 1. The van der Waals surface area contributed by atoms with Gasteiger partial charge in [0.1, 0.15) is 30.8 Å². The Bertz CT molecular complexity index is 2550. The zero-order chi connectivity index (χ0) is 35.3. The monoisotopic (exact) mass is 801 g/mol. The molecule has 2 N–H and O–H groups in total. The standard InChI is InChI=1S/C27H22FN7O11S3.K.Li.Na/c28-25-30-26(32-27(31-25)35-7-9-46-10-8-35)29-19-13-16(47(37,38)39)11-15-12-20(48(40,41)42)22(23(36)21(15)19)34-33-18-6-5-14-3-1-2-4-17(14)24(18)49(43,44)45;;;/h1-6,11-13,36H,7-10H2,(H,37,38,39)(H,40,41,42)(H,43,44,45)(H,29,30,31,32);;;/q;3*+1/p-3. The van der Waals surface area contributed by atoms with Gasteiger partial charge in [-0.2, -0.15) is 27.8 Å². The van der Waals surface area contributed by atoms with Crippen molar-refractivity contribution in [1.82, 2.24) is 15.0 Å². The largest absolute Gasteiger partial charge is 1.00 e. The molecule has 1 fully saturated rings. The third-order valence-electron chi connectivity index (χ3n) is 7.17. The van der Waals surface area contributed by atoms with E-state index < -0.39 is 90.7 Å². The van der Waals surface area contributed by atoms with Crippen LogP contribution in [0.3, 0.4) is 0 Å². The van der Waals surface area contributed by atoms with Gasteiger partial charge in [0.2, 0.25) is 11.9 Å². The first-order chi connectivity index (χ1) is 23.0. The molecule has 0 bridgehead atoms. The Morgan fingerprint density at radius 1 is 0.885 bits per heavy atom. The Hall–Kier alpha value is -1.74. The SMILES string of the molecule is O=S(=O)([O-])c1cc(Nc2nc(F)nc(N3CCOCC3)n2)c2c([O-])c(N=Nc3ccc4ccccc4c3S(=O)(=O)O)c(S(=O)(=O)[O-])cc2c1.[K+].[Li+].[Na+]. The van der Waals surface area contributed by atoms with Gasteiger partial charge in [0, 0.05) is 24.2 Å². The molecule has 6 rings (SSSR count). The number of morpholine rings is 1. The van der Waals surface area contributed by atoms with E-state index in [-0.39, 0.29) is 137 Å². The summed E-state index contributed by atoms with van der Waals surface area (Å²) in [6, 6.07) is 10.3. The van der Waals surface area contributed by atoms with Gasteiger partial charge in [-0.1, -0.05) is 36.1 Å². The molecule has 0 aliphatic carbocycles. The van der Waals surface area contributed by atoms with Gasteiger partial charge in [-0.3, -0.25) is 4.55 Å². The minimum Gasteiger partial charge on any atom is -0.870 e. The van der Waals surface area contributed by atoms with Crippen molar-refractivity contribution in [2.75, 3.05) is 36.5 Å². The van der Waals surface area contributed by atoms with E-state index in [1.807, 2.05) is 0 Å². The average Bonchev–Trinajstić information content (AvgIpc) is 3.02. The molecule has 52 heavy (non-hydrogen) atoms. The van der Waals surface area contributed by atoms with E-state index in [1.165, 1.54) is 24.3 Å². The van der Waals surface area contributed by atoms with Crippen LogP contribution in [0.2, 0.25) is 0 Å². The number of nitrogens with zero attached hydrogens (tertiary/aromatic N) is 6. The summed E-state index contributed by atoms with van der Waals surface area (Å²) in [6.07, 6.45) is -1.28. The molecule has 2 heterocycles. The molecule has 0 atom stereocenters. The molecule has 0 saturated carbocycles. The minimum atomic E-state index is -5.59. The first-order valence-corrected chi connectivity index (χ1v) is 17.9. The van der Waals surface area contributed by atoms with Gasteiger partial charge in [-0.25, -0.2) is 16.8 Å². The molecule has 1 aliphatic rings. The molecule has 1 saturated heterocycles. The summed E-state index contributed by atoms with van der Waals surface area (Å²) in [7, 11) is -15.9. The van der Waals surface area contributed by atoms with Crippen molar-refractivity contribution in [1.29, 1.82) is 0 Å². The Kier molecular flexibility index (Phi) is 14.9. The van der Waals surface area contributed by atoms with Crippen molar-refractivity contribution in [3.63, 3.8) is 0 Å². The molecule has 256 valence electrons. The number of aromatic nitrogens is 3. The summed E-state index contributed by atoms with van der Waals surface area (Å²) in [6.45, 7) is 1.10. The van der Waals surface area contributed by atoms with Crippen LogP contribution in [0.5, 0.6) is 5.75 Å². The smallest absolute Gasteiger partial charge is 0.870 e. The fourth-order valence-corrected chi connectivity index (χ4v) is 7.09. The van der Waals surface area contributed by atoms with Crippen LogP contribution in [-0.2, 0) is 35.1 Å². The maximum Gasteiger partial charge on any atom is 1.00 e. The van der Waals surface area contributed by atoms with E-state index in [1.54, 1.807) is 11.0 Å². The maximum absolute atomic E-state index is 14.5. The Morgan fingerprint density at radius 3 is 2.19 bits per heavy atom. The summed E-state index contributed by atoms with van der Waals surface area (Å²) in [5.41, 5.74) is -2.24. The van der Waals surface area contributed by atoms with Crippen LogP contribution >= 0.6 is 0 Å². The molecule has 1 aliphatic heterocycles. The number of benzene rings is 4. The van der Waals surface area contributed by atoms with Gasteiger partial charge >= 0.3 is 106 Å². The Balaban J connectivity index is 0.00000243. The van der Waals surface area contributed by atoms with E-state index in [0.29, 0.717) is 23.6 Å². The summed E-state index contributed by atoms with van der Waals surface area (Å²) < 4.78 is 128. The Morgan fingerprint density at radius 2 is 1.56 bits per heavy atom. The summed E-state index contributed by atoms with van der Waals surface area (Å²) in [5.74, 6) is -2.09. The van der Waals surface area contributed by atoms with E-state index in [9.17, 15) is 48.4 Å². The number of azo groups is 1. The van der Waals surface area contributed by atoms with Crippen LogP contribution in [0.25, 0.3) is 21.5 Å². The number of hydrogen-bond donors (Lipinski definition) is 2. The fourth-order valence-electron chi connectivity index (χ4n) is 5.08. The van der Waals surface area contributed by atoms with Crippen molar-refractivity contribution in [3.8, 4) is 5.75 Å². The molecule has 5 aromatic rings. The van der Waals surface area contributed by atoms with Gasteiger partial charge in [-0.05, 0) is 40.4 Å². The van der Waals surface area contributed by atoms with Crippen LogP contribution < -0.4 is 115 Å². The van der Waals surface area contributed by atoms with Gasteiger partial charge in [-0.15, -0.1) is 10.2 Å². The van der Waals surface area contributed by atoms with Crippen molar-refractivity contribution in [2.24, 2.45) is 10.2 Å². The Labute approximate surface area is 371 Å². The molecule has 0 amide bonds. The number of hydrogen-bond acceptors (Lipinski definition) is 17. The van der Waals surface area contributed by atoms with Crippen molar-refractivity contribution >= 4 is 80.9 Å². The zero-order valence-corrected chi connectivity index (χ0v) is 34.9. The number of nitrogens with one attached hydrogen (secondary N) is 1. The van der Waals surface area contributed by atoms with E-state index in [0.717, 1.165) is 6.07 Å². The van der Waals surface area contributed by atoms with Gasteiger partial charge in [0.05, 0.1) is 28.7 Å². The van der Waals surface area contributed by atoms with E-state index in [2.05, 4.69) is 30.5 Å². The van der Waals surface area contributed by atoms with Crippen molar-refractivity contribution in [2.45, 2.75) is 14.7 Å². The summed E-state index contributed by atoms with van der Waals surface area (Å²) in [5, 5.41) is 22.9. The number of rotatable bonds is 8. The van der Waals surface area contributed by atoms with E-state index >= 15 is 0 Å². The molecule has 0 radical (unpaired) electrons. The molecule has 25 heteroatoms. The second-order valence-electron chi connectivity index (χ2n) is 10.3. The van der Waals surface area contributed by atoms with E-state index in [4.69, 9.17) is 4.74 Å². The molecule has 18 nitrogen and oxygen atoms in total. The minimum absolute atomic E-state index is 0. The van der Waals surface area contributed by atoms with Gasteiger partial charge in [0.25, 0.3) is 10.1 Å². The predicted molar refractivity (Wildman–Crippen MR) is 163 cm³/mol. The quantitative estimate of drug-likeness (QED) is 0.0838. The molecule has 4 aromatic carbocycles. The molecule has 0 spiro atoms. The van der Waals surface area contributed by atoms with Crippen molar-refractivity contribution < 1.29 is 153 Å². The molecular formula is C27H19FKLiN7NaO11S3. The predicted octanol–water partition coefficient (Wildman–Crippen LogP) is -6.55. The number of fused-ring (bicyclic) bond motifs is 2. The number of anilines is 3. The zero-order valence-electron chi connectivity index (χ0n) is 27.3. The summed E-state index contributed by atoms with van der Waals surface area (Å²) >= 11 is 0. The number of ether oxygens (including phenoxy) is 1. The second-order valence-corrected chi connectivity index (χ2v) is 14.4. The van der Waals surface area contributed by atoms with Crippen LogP contribution in [-0.4, -0.2) is 80.2 Å². The summed E-state index contributed by atoms with van der Waals surface area (Å²) in [4.78, 5) is 9.74. The average molecular weight is 802 g/mol. The maximum atomic E-state index is 14.5. The first kappa shape index (κ1) is 44.7. The first-order valence-electron chi connectivity index (χ1n) is 13.7. The van der Waals surface area contributed by atoms with Crippen molar-refractivity contribution in [3.05, 3.63) is 60.7 Å². The molecule has 1 aromatic heterocycles. The normalized spacial score (nSPS) is 13.7. The third kappa shape index (κ3) is 9.73. The van der Waals surface area contributed by atoms with Gasteiger partial charge in [0.15, 0.2) is 0 Å². The second kappa shape index (κ2) is 17.4. The van der Waals surface area contributed by atoms with Crippen LogP contribution in [0.4, 0.5) is 33.3 Å². The molecule has 0 unspecified atom stereocenters.